The zero-order valence-electron chi connectivity index (χ0n) is 5.79. The van der Waals surface area contributed by atoms with Gasteiger partial charge in [0, 0.05) is 4.90 Å². The maximum atomic E-state index is 5.55. The summed E-state index contributed by atoms with van der Waals surface area (Å²) in [6.45, 7) is 0. The average molecular weight is 149 g/mol. The van der Waals surface area contributed by atoms with Gasteiger partial charge in [-0.15, -0.1) is 0 Å². The summed E-state index contributed by atoms with van der Waals surface area (Å²) in [5, 5.41) is 0. The first-order valence-corrected chi connectivity index (χ1v) is 3.83. The Labute approximate surface area is 66.8 Å². The molecule has 0 aromatic heterocycles. The van der Waals surface area contributed by atoms with Crippen molar-refractivity contribution in [2.45, 2.75) is 4.90 Å². The molecule has 1 aromatic carbocycles. The fourth-order valence-electron chi connectivity index (χ4n) is 0.696. The Morgan fingerprint density at radius 2 is 2.30 bits per heavy atom. The molecule has 50 valence electrons. The second-order valence-corrected chi connectivity index (χ2v) is 2.96. The van der Waals surface area contributed by atoms with Crippen LogP contribution in [0.1, 0.15) is 0 Å². The van der Waals surface area contributed by atoms with Gasteiger partial charge in [0.1, 0.15) is 7.85 Å². The van der Waals surface area contributed by atoms with Gasteiger partial charge in [0.05, 0.1) is 0 Å². The first kappa shape index (κ1) is 7.70. The SMILES string of the molecule is [B]c1cccc(SNC)c1. The van der Waals surface area contributed by atoms with Crippen LogP contribution in [0.15, 0.2) is 29.2 Å². The standard InChI is InChI=1S/C7H8BNS/c1-9-10-7-4-2-3-6(8)5-7/h2-5,9H,1H3. The highest BCUT2D eigenvalue weighted by Gasteiger charge is 1.89. The lowest BCUT2D eigenvalue weighted by Gasteiger charge is -1.98. The van der Waals surface area contributed by atoms with E-state index in [1.54, 1.807) is 11.9 Å². The predicted molar refractivity (Wildman–Crippen MR) is 46.7 cm³/mol. The summed E-state index contributed by atoms with van der Waals surface area (Å²) in [7, 11) is 7.43. The van der Waals surface area contributed by atoms with Gasteiger partial charge in [-0.05, 0) is 25.1 Å². The van der Waals surface area contributed by atoms with Crippen LogP contribution in [0.4, 0.5) is 0 Å². The molecule has 1 N–H and O–H groups in total. The molecule has 3 heteroatoms. The molecule has 0 aliphatic carbocycles. The highest BCUT2D eigenvalue weighted by molar-refractivity contribution is 7.97. The van der Waals surface area contributed by atoms with Crippen LogP contribution in [0.5, 0.6) is 0 Å². The lowest BCUT2D eigenvalue weighted by atomic mass is 9.97. The van der Waals surface area contributed by atoms with E-state index in [0.29, 0.717) is 0 Å². The molecule has 1 aromatic rings. The largest absolute Gasteiger partial charge is 0.263 e. The van der Waals surface area contributed by atoms with Gasteiger partial charge in [-0.25, -0.2) is 0 Å². The van der Waals surface area contributed by atoms with Crippen LogP contribution in [0.3, 0.4) is 0 Å². The van der Waals surface area contributed by atoms with E-state index in [1.165, 1.54) is 0 Å². The Balaban J connectivity index is 2.75. The third kappa shape index (κ3) is 2.08. The second kappa shape index (κ2) is 3.69. The maximum Gasteiger partial charge on any atom is 0.113 e. The van der Waals surface area contributed by atoms with Crippen molar-refractivity contribution in [3.63, 3.8) is 0 Å². The number of rotatable bonds is 2. The monoisotopic (exact) mass is 149 g/mol. The molecule has 0 fully saturated rings. The lowest BCUT2D eigenvalue weighted by Crippen LogP contribution is -2.01. The van der Waals surface area contributed by atoms with E-state index in [2.05, 4.69) is 4.72 Å². The molecule has 0 bridgehead atoms. The van der Waals surface area contributed by atoms with Crippen molar-refractivity contribution < 1.29 is 0 Å². The zero-order valence-corrected chi connectivity index (χ0v) is 6.61. The summed E-state index contributed by atoms with van der Waals surface area (Å²) in [6, 6.07) is 7.76. The summed E-state index contributed by atoms with van der Waals surface area (Å²) in [6.07, 6.45) is 0. The molecule has 0 saturated heterocycles. The minimum Gasteiger partial charge on any atom is -0.263 e. The Morgan fingerprint density at radius 1 is 1.50 bits per heavy atom. The minimum atomic E-state index is 0.806. The summed E-state index contributed by atoms with van der Waals surface area (Å²) in [5.41, 5.74) is 0.806. The zero-order chi connectivity index (χ0) is 7.40. The van der Waals surface area contributed by atoms with E-state index in [0.717, 1.165) is 10.4 Å². The van der Waals surface area contributed by atoms with Crippen molar-refractivity contribution in [3.05, 3.63) is 24.3 Å². The molecule has 0 unspecified atom stereocenters. The van der Waals surface area contributed by atoms with Crippen molar-refractivity contribution in [1.82, 2.24) is 4.72 Å². The van der Waals surface area contributed by atoms with Gasteiger partial charge in [-0.2, -0.15) is 0 Å². The lowest BCUT2D eigenvalue weighted by molar-refractivity contribution is 1.28. The smallest absolute Gasteiger partial charge is 0.113 e. The Morgan fingerprint density at radius 3 is 2.90 bits per heavy atom. The van der Waals surface area contributed by atoms with Crippen molar-refractivity contribution in [2.75, 3.05) is 7.05 Å². The van der Waals surface area contributed by atoms with Gasteiger partial charge >= 0.3 is 0 Å². The van der Waals surface area contributed by atoms with Gasteiger partial charge in [0.2, 0.25) is 0 Å². The van der Waals surface area contributed by atoms with Crippen LogP contribution in [-0.4, -0.2) is 14.9 Å². The molecule has 0 amide bonds. The molecule has 0 saturated carbocycles. The summed E-state index contributed by atoms with van der Waals surface area (Å²) >= 11 is 1.56. The molecular formula is C7H8BNS. The fourth-order valence-corrected chi connectivity index (χ4v) is 1.27. The van der Waals surface area contributed by atoms with E-state index in [4.69, 9.17) is 7.85 Å². The van der Waals surface area contributed by atoms with E-state index in [9.17, 15) is 0 Å². The number of nitrogens with one attached hydrogen (secondary N) is 1. The average Bonchev–Trinajstić information content (AvgIpc) is 1.88. The molecule has 0 atom stereocenters. The molecule has 1 rings (SSSR count). The van der Waals surface area contributed by atoms with E-state index < -0.39 is 0 Å². The van der Waals surface area contributed by atoms with Gasteiger partial charge < -0.3 is 0 Å². The minimum absolute atomic E-state index is 0.806. The highest BCUT2D eigenvalue weighted by atomic mass is 32.2. The fraction of sp³-hybridized carbons (Fsp3) is 0.143. The van der Waals surface area contributed by atoms with Crippen molar-refractivity contribution >= 4 is 25.3 Å². The molecule has 0 spiro atoms. The molecule has 0 aliphatic rings. The number of hydrogen-bond acceptors (Lipinski definition) is 2. The van der Waals surface area contributed by atoms with Crippen LogP contribution < -0.4 is 10.2 Å². The predicted octanol–water partition coefficient (Wildman–Crippen LogP) is 0.707. The quantitative estimate of drug-likeness (QED) is 0.490. The van der Waals surface area contributed by atoms with Crippen LogP contribution in [0.2, 0.25) is 0 Å². The Bertz CT molecular complexity index is 215. The van der Waals surface area contributed by atoms with Gasteiger partial charge in [-0.3, -0.25) is 4.72 Å². The summed E-state index contributed by atoms with van der Waals surface area (Å²) < 4.78 is 2.97. The van der Waals surface area contributed by atoms with Crippen molar-refractivity contribution in [3.8, 4) is 0 Å². The number of benzene rings is 1. The van der Waals surface area contributed by atoms with Gasteiger partial charge in [-0.1, -0.05) is 23.7 Å². The van der Waals surface area contributed by atoms with Crippen molar-refractivity contribution in [1.29, 1.82) is 0 Å². The first-order chi connectivity index (χ1) is 4.83. The van der Waals surface area contributed by atoms with Gasteiger partial charge in [0.15, 0.2) is 0 Å². The third-order valence-corrected chi connectivity index (χ3v) is 1.77. The normalized spacial score (nSPS) is 9.70. The molecule has 1 nitrogen and oxygen atoms in total. The molecule has 2 radical (unpaired) electrons. The first-order valence-electron chi connectivity index (χ1n) is 3.02. The topological polar surface area (TPSA) is 12.0 Å². The van der Waals surface area contributed by atoms with E-state index in [-0.39, 0.29) is 0 Å². The molecule has 0 aliphatic heterocycles. The van der Waals surface area contributed by atoms with E-state index >= 15 is 0 Å². The van der Waals surface area contributed by atoms with Crippen molar-refractivity contribution in [2.24, 2.45) is 0 Å². The van der Waals surface area contributed by atoms with Gasteiger partial charge in [0.25, 0.3) is 0 Å². The maximum absolute atomic E-state index is 5.55. The second-order valence-electron chi connectivity index (χ2n) is 1.88. The molecule has 10 heavy (non-hydrogen) atoms. The third-order valence-electron chi connectivity index (χ3n) is 1.08. The Kier molecular flexibility index (Phi) is 2.84. The van der Waals surface area contributed by atoms with Crippen LogP contribution in [-0.2, 0) is 0 Å². The van der Waals surface area contributed by atoms with Crippen LogP contribution in [0, 0.1) is 0 Å². The summed E-state index contributed by atoms with van der Waals surface area (Å²) in [4.78, 5) is 1.14. The Hall–Kier alpha value is -0.405. The number of hydrogen-bond donors (Lipinski definition) is 1. The molecular weight excluding hydrogens is 141 g/mol. The van der Waals surface area contributed by atoms with Crippen LogP contribution in [0.25, 0.3) is 0 Å². The summed E-state index contributed by atoms with van der Waals surface area (Å²) in [5.74, 6) is 0. The highest BCUT2D eigenvalue weighted by Crippen LogP contribution is 2.09. The van der Waals surface area contributed by atoms with E-state index in [1.807, 2.05) is 31.3 Å². The molecule has 0 heterocycles. The van der Waals surface area contributed by atoms with Crippen LogP contribution >= 0.6 is 11.9 Å².